The smallest absolute Gasteiger partial charge is 0.416 e. The van der Waals surface area contributed by atoms with Crippen molar-refractivity contribution in [3.63, 3.8) is 0 Å². The normalized spacial score (nSPS) is 17.7. The van der Waals surface area contributed by atoms with E-state index >= 15 is 0 Å². The highest BCUT2D eigenvalue weighted by Crippen LogP contribution is 2.39. The maximum atomic E-state index is 13.8. The van der Waals surface area contributed by atoms with Gasteiger partial charge in [0, 0.05) is 25.2 Å². The summed E-state index contributed by atoms with van der Waals surface area (Å²) in [5.74, 6) is 0.564. The van der Waals surface area contributed by atoms with Crippen molar-refractivity contribution in [1.82, 2.24) is 9.21 Å². The van der Waals surface area contributed by atoms with Gasteiger partial charge in [0.15, 0.2) is 11.5 Å². The van der Waals surface area contributed by atoms with E-state index in [1.807, 2.05) is 6.07 Å². The molecular formula is C30H31F3N2O7S. The molecule has 0 aromatic heterocycles. The van der Waals surface area contributed by atoms with E-state index in [-0.39, 0.29) is 48.4 Å². The Balaban J connectivity index is 1.44. The Labute approximate surface area is 247 Å². The highest BCUT2D eigenvalue weighted by Gasteiger charge is 2.35. The van der Waals surface area contributed by atoms with Crippen LogP contribution in [0, 0.1) is 0 Å². The number of rotatable bonds is 8. The molecule has 2 aliphatic heterocycles. The Morgan fingerprint density at radius 3 is 2.28 bits per heavy atom. The van der Waals surface area contributed by atoms with Gasteiger partial charge in [0.05, 0.1) is 43.9 Å². The van der Waals surface area contributed by atoms with E-state index in [0.29, 0.717) is 36.7 Å². The molecule has 3 aromatic carbocycles. The van der Waals surface area contributed by atoms with E-state index in [1.165, 1.54) is 54.9 Å². The zero-order valence-electron chi connectivity index (χ0n) is 23.6. The summed E-state index contributed by atoms with van der Waals surface area (Å²) in [5.41, 5.74) is 0.997. The Kier molecular flexibility index (Phi) is 8.86. The van der Waals surface area contributed by atoms with E-state index in [2.05, 4.69) is 0 Å². The van der Waals surface area contributed by atoms with Crippen molar-refractivity contribution in [2.45, 2.75) is 23.5 Å². The average molecular weight is 621 g/mol. The molecule has 0 unspecified atom stereocenters. The number of sulfonamides is 1. The number of carbonyl (C=O) groups excluding carboxylic acids is 1. The molecule has 0 bridgehead atoms. The van der Waals surface area contributed by atoms with E-state index in [1.54, 1.807) is 11.0 Å². The minimum Gasteiger partial charge on any atom is -0.493 e. The Bertz CT molecular complexity index is 1570. The van der Waals surface area contributed by atoms with Crippen LogP contribution in [0.1, 0.15) is 33.1 Å². The fourth-order valence-electron chi connectivity index (χ4n) is 5.26. The molecule has 9 nitrogen and oxygen atoms in total. The number of amides is 1. The molecule has 0 radical (unpaired) electrons. The largest absolute Gasteiger partial charge is 0.493 e. The van der Waals surface area contributed by atoms with Crippen LogP contribution >= 0.6 is 0 Å². The minimum atomic E-state index is -4.54. The van der Waals surface area contributed by atoms with Crippen LogP contribution in [-0.2, 0) is 27.4 Å². The summed E-state index contributed by atoms with van der Waals surface area (Å²) < 4.78 is 89.3. The predicted molar refractivity (Wildman–Crippen MR) is 150 cm³/mol. The molecule has 1 fully saturated rings. The highest BCUT2D eigenvalue weighted by atomic mass is 32.2. The third-order valence-electron chi connectivity index (χ3n) is 7.54. The van der Waals surface area contributed by atoms with Crippen molar-refractivity contribution in [3.05, 3.63) is 82.9 Å². The molecule has 0 N–H and O–H groups in total. The predicted octanol–water partition coefficient (Wildman–Crippen LogP) is 4.56. The van der Waals surface area contributed by atoms with Crippen LogP contribution in [0.4, 0.5) is 13.2 Å². The second kappa shape index (κ2) is 12.4. The van der Waals surface area contributed by atoms with E-state index < -0.39 is 27.8 Å². The van der Waals surface area contributed by atoms with Crippen LogP contribution in [-0.4, -0.2) is 77.2 Å². The molecule has 1 saturated heterocycles. The number of benzene rings is 3. The van der Waals surface area contributed by atoms with Gasteiger partial charge in [-0.05, 0) is 72.1 Å². The number of alkyl halides is 3. The second-order valence-electron chi connectivity index (χ2n) is 10.0. The van der Waals surface area contributed by atoms with Gasteiger partial charge in [0.2, 0.25) is 10.0 Å². The molecular weight excluding hydrogens is 589 g/mol. The first kappa shape index (κ1) is 30.6. The number of carbonyl (C=O) groups is 1. The molecule has 43 heavy (non-hydrogen) atoms. The zero-order valence-corrected chi connectivity index (χ0v) is 24.4. The second-order valence-corrected chi connectivity index (χ2v) is 12.0. The molecule has 1 atom stereocenters. The van der Waals surface area contributed by atoms with Gasteiger partial charge in [-0.2, -0.15) is 17.5 Å². The van der Waals surface area contributed by atoms with Gasteiger partial charge in [-0.3, -0.25) is 4.79 Å². The van der Waals surface area contributed by atoms with Gasteiger partial charge >= 0.3 is 6.18 Å². The monoisotopic (exact) mass is 620 g/mol. The van der Waals surface area contributed by atoms with Crippen LogP contribution in [0.15, 0.2) is 65.6 Å². The van der Waals surface area contributed by atoms with Crippen molar-refractivity contribution in [2.24, 2.45) is 0 Å². The molecule has 230 valence electrons. The van der Waals surface area contributed by atoms with Crippen LogP contribution in [0.2, 0.25) is 0 Å². The van der Waals surface area contributed by atoms with Gasteiger partial charge in [-0.25, -0.2) is 8.42 Å². The summed E-state index contributed by atoms with van der Waals surface area (Å²) in [5, 5.41) is 0. The summed E-state index contributed by atoms with van der Waals surface area (Å²) in [4.78, 5) is 15.5. The SMILES string of the molecule is COc1cc2c(cc1OC)[C@H](COc1cccc(C(F)(F)F)c1)N(C(=O)c1ccc(S(=O)(=O)N3CCOCC3)cc1)CC2. The molecule has 0 saturated carbocycles. The molecule has 0 aliphatic carbocycles. The highest BCUT2D eigenvalue weighted by molar-refractivity contribution is 7.89. The number of hydrogen-bond donors (Lipinski definition) is 0. The van der Waals surface area contributed by atoms with Gasteiger partial charge in [-0.1, -0.05) is 6.07 Å². The molecule has 13 heteroatoms. The molecule has 2 heterocycles. The first-order valence-corrected chi connectivity index (χ1v) is 15.0. The number of methoxy groups -OCH3 is 2. The number of fused-ring (bicyclic) bond motifs is 1. The average Bonchev–Trinajstić information content (AvgIpc) is 3.02. The molecule has 5 rings (SSSR count). The van der Waals surface area contributed by atoms with Crippen molar-refractivity contribution in [3.8, 4) is 17.2 Å². The van der Waals surface area contributed by atoms with Crippen LogP contribution in [0.5, 0.6) is 17.2 Å². The summed E-state index contributed by atoms with van der Waals surface area (Å²) in [6, 6.07) is 13.2. The number of nitrogens with zero attached hydrogens (tertiary/aromatic N) is 2. The van der Waals surface area contributed by atoms with E-state index in [0.717, 1.165) is 17.7 Å². The standard InChI is InChI=1S/C30H31F3N2O7S/c1-39-27-16-21-10-11-35(29(36)20-6-8-24(9-7-20)43(37,38)34-12-14-41-15-13-34)26(25(21)18-28(27)40-2)19-42-23-5-3-4-22(17-23)30(31,32)33/h3-9,16-18,26H,10-15,19H2,1-2H3/t26-/m0/s1. The van der Waals surface area contributed by atoms with Gasteiger partial charge in [0.25, 0.3) is 5.91 Å². The minimum absolute atomic E-state index is 0.00694. The number of halogens is 3. The van der Waals surface area contributed by atoms with E-state index in [4.69, 9.17) is 18.9 Å². The molecule has 3 aromatic rings. The topological polar surface area (TPSA) is 94.6 Å². The third kappa shape index (κ3) is 6.43. The van der Waals surface area contributed by atoms with Crippen LogP contribution in [0.3, 0.4) is 0 Å². The number of ether oxygens (including phenoxy) is 4. The lowest BCUT2D eigenvalue weighted by Gasteiger charge is -2.37. The molecule has 2 aliphatic rings. The number of hydrogen-bond acceptors (Lipinski definition) is 7. The van der Waals surface area contributed by atoms with Crippen molar-refractivity contribution in [2.75, 3.05) is 53.7 Å². The van der Waals surface area contributed by atoms with Gasteiger partial charge in [0.1, 0.15) is 12.4 Å². The summed E-state index contributed by atoms with van der Waals surface area (Å²) in [6.07, 6.45) is -4.06. The Hall–Kier alpha value is -3.81. The first-order chi connectivity index (χ1) is 20.5. The molecule has 1 amide bonds. The zero-order chi connectivity index (χ0) is 30.8. The lowest BCUT2D eigenvalue weighted by molar-refractivity contribution is -0.137. The van der Waals surface area contributed by atoms with Crippen molar-refractivity contribution in [1.29, 1.82) is 0 Å². The van der Waals surface area contributed by atoms with E-state index in [9.17, 15) is 26.4 Å². The maximum absolute atomic E-state index is 13.8. The summed E-state index contributed by atoms with van der Waals surface area (Å²) in [7, 11) is -0.748. The lowest BCUT2D eigenvalue weighted by Crippen LogP contribution is -2.42. The lowest BCUT2D eigenvalue weighted by atomic mass is 9.91. The quantitative estimate of drug-likeness (QED) is 0.365. The van der Waals surface area contributed by atoms with Crippen molar-refractivity contribution >= 4 is 15.9 Å². The third-order valence-corrected chi connectivity index (χ3v) is 9.45. The van der Waals surface area contributed by atoms with Gasteiger partial charge < -0.3 is 23.8 Å². The fraction of sp³-hybridized carbons (Fsp3) is 0.367. The van der Waals surface area contributed by atoms with Crippen molar-refractivity contribution < 1.29 is 45.3 Å². The summed E-state index contributed by atoms with van der Waals surface area (Å²) >= 11 is 0. The maximum Gasteiger partial charge on any atom is 0.416 e. The first-order valence-electron chi connectivity index (χ1n) is 13.6. The number of morpholine rings is 1. The molecule has 0 spiro atoms. The fourth-order valence-corrected chi connectivity index (χ4v) is 6.67. The Morgan fingerprint density at radius 2 is 1.63 bits per heavy atom. The Morgan fingerprint density at radius 1 is 0.953 bits per heavy atom. The van der Waals surface area contributed by atoms with Crippen LogP contribution in [0.25, 0.3) is 0 Å². The van der Waals surface area contributed by atoms with Gasteiger partial charge in [-0.15, -0.1) is 0 Å². The van der Waals surface area contributed by atoms with Crippen LogP contribution < -0.4 is 14.2 Å². The summed E-state index contributed by atoms with van der Waals surface area (Å²) in [6.45, 7) is 1.26.